The predicted octanol–water partition coefficient (Wildman–Crippen LogP) is 3.84. The van der Waals surface area contributed by atoms with Crippen LogP contribution in [0.2, 0.25) is 0 Å². The van der Waals surface area contributed by atoms with Crippen molar-refractivity contribution in [3.8, 4) is 11.5 Å². The van der Waals surface area contributed by atoms with Crippen molar-refractivity contribution >= 4 is 34.1 Å². The Morgan fingerprint density at radius 3 is 2.73 bits per heavy atom. The Balaban J connectivity index is 1.63. The van der Waals surface area contributed by atoms with E-state index in [1.54, 1.807) is 20.4 Å². The van der Waals surface area contributed by atoms with E-state index < -0.39 is 0 Å². The first kappa shape index (κ1) is 15.9. The SMILES string of the molecule is COc1ccc(/C=N\Nc2ncnc3c2oc2ccccc23)cc1OC. The first-order chi connectivity index (χ1) is 12.8. The van der Waals surface area contributed by atoms with E-state index >= 15 is 0 Å². The average Bonchev–Trinajstić information content (AvgIpc) is 3.07. The number of hydrazone groups is 1. The summed E-state index contributed by atoms with van der Waals surface area (Å²) in [5.74, 6) is 1.80. The maximum absolute atomic E-state index is 5.86. The van der Waals surface area contributed by atoms with E-state index in [1.807, 2.05) is 42.5 Å². The van der Waals surface area contributed by atoms with Crippen LogP contribution in [0.4, 0.5) is 5.82 Å². The van der Waals surface area contributed by atoms with E-state index in [0.29, 0.717) is 22.9 Å². The molecule has 0 amide bonds. The van der Waals surface area contributed by atoms with Crippen LogP contribution in [0.3, 0.4) is 0 Å². The Morgan fingerprint density at radius 1 is 1.04 bits per heavy atom. The molecule has 1 N–H and O–H groups in total. The van der Waals surface area contributed by atoms with Gasteiger partial charge in [-0.15, -0.1) is 0 Å². The molecule has 0 unspecified atom stereocenters. The molecule has 4 rings (SSSR count). The highest BCUT2D eigenvalue weighted by Crippen LogP contribution is 2.30. The molecule has 4 aromatic rings. The fraction of sp³-hybridized carbons (Fsp3) is 0.105. The minimum absolute atomic E-state index is 0.503. The number of hydrogen-bond acceptors (Lipinski definition) is 7. The van der Waals surface area contributed by atoms with Crippen molar-refractivity contribution in [1.82, 2.24) is 9.97 Å². The lowest BCUT2D eigenvalue weighted by Crippen LogP contribution is -1.96. The van der Waals surface area contributed by atoms with Gasteiger partial charge in [0.2, 0.25) is 0 Å². The van der Waals surface area contributed by atoms with Gasteiger partial charge in [0.05, 0.1) is 20.4 Å². The summed E-state index contributed by atoms with van der Waals surface area (Å²) < 4.78 is 16.4. The minimum Gasteiger partial charge on any atom is -0.493 e. The minimum atomic E-state index is 0.503. The number of aromatic nitrogens is 2. The molecule has 2 aromatic heterocycles. The molecule has 0 fully saturated rings. The number of methoxy groups -OCH3 is 2. The average molecular weight is 348 g/mol. The Bertz CT molecular complexity index is 1100. The van der Waals surface area contributed by atoms with Crippen LogP contribution in [0.5, 0.6) is 11.5 Å². The largest absolute Gasteiger partial charge is 0.493 e. The molecule has 0 saturated carbocycles. The molecule has 0 saturated heterocycles. The molecular weight excluding hydrogens is 332 g/mol. The van der Waals surface area contributed by atoms with E-state index in [-0.39, 0.29) is 0 Å². The molecule has 2 heterocycles. The van der Waals surface area contributed by atoms with Gasteiger partial charge in [-0.25, -0.2) is 9.97 Å². The topological polar surface area (TPSA) is 81.8 Å². The zero-order valence-electron chi connectivity index (χ0n) is 14.3. The fourth-order valence-electron chi connectivity index (χ4n) is 2.70. The van der Waals surface area contributed by atoms with Gasteiger partial charge in [-0.05, 0) is 35.9 Å². The summed E-state index contributed by atoms with van der Waals surface area (Å²) in [5, 5.41) is 5.18. The second-order valence-corrected chi connectivity index (χ2v) is 5.48. The smallest absolute Gasteiger partial charge is 0.197 e. The monoisotopic (exact) mass is 348 g/mol. The highest BCUT2D eigenvalue weighted by Gasteiger charge is 2.12. The van der Waals surface area contributed by atoms with E-state index in [1.165, 1.54) is 6.33 Å². The van der Waals surface area contributed by atoms with Crippen molar-refractivity contribution in [2.24, 2.45) is 5.10 Å². The molecule has 130 valence electrons. The number of rotatable bonds is 5. The number of ether oxygens (including phenoxy) is 2. The zero-order valence-corrected chi connectivity index (χ0v) is 14.3. The van der Waals surface area contributed by atoms with Gasteiger partial charge in [-0.1, -0.05) is 12.1 Å². The van der Waals surface area contributed by atoms with Gasteiger partial charge in [0.1, 0.15) is 17.4 Å². The molecule has 7 nitrogen and oxygen atoms in total. The third-order valence-corrected chi connectivity index (χ3v) is 3.95. The van der Waals surface area contributed by atoms with E-state index in [4.69, 9.17) is 13.9 Å². The fourth-order valence-corrected chi connectivity index (χ4v) is 2.70. The highest BCUT2D eigenvalue weighted by molar-refractivity contribution is 6.05. The van der Waals surface area contributed by atoms with Crippen LogP contribution in [-0.4, -0.2) is 30.4 Å². The number of nitrogens with zero attached hydrogens (tertiary/aromatic N) is 3. The molecular formula is C19H16N4O3. The van der Waals surface area contributed by atoms with Crippen LogP contribution < -0.4 is 14.9 Å². The Kier molecular flexibility index (Phi) is 4.10. The van der Waals surface area contributed by atoms with Crippen LogP contribution in [-0.2, 0) is 0 Å². The number of anilines is 1. The van der Waals surface area contributed by atoms with Crippen LogP contribution in [0.25, 0.3) is 22.1 Å². The number of fused-ring (bicyclic) bond motifs is 3. The van der Waals surface area contributed by atoms with Crippen molar-refractivity contribution in [2.75, 3.05) is 19.6 Å². The lowest BCUT2D eigenvalue weighted by Gasteiger charge is -2.07. The maximum Gasteiger partial charge on any atom is 0.197 e. The lowest BCUT2D eigenvalue weighted by atomic mass is 10.2. The highest BCUT2D eigenvalue weighted by atomic mass is 16.5. The van der Waals surface area contributed by atoms with E-state index in [0.717, 1.165) is 22.0 Å². The van der Waals surface area contributed by atoms with Crippen molar-refractivity contribution < 1.29 is 13.9 Å². The number of benzene rings is 2. The Labute approximate surface area is 149 Å². The molecule has 0 atom stereocenters. The number of para-hydroxylation sites is 1. The van der Waals surface area contributed by atoms with Crippen LogP contribution >= 0.6 is 0 Å². The molecule has 0 bridgehead atoms. The number of nitrogens with one attached hydrogen (secondary N) is 1. The summed E-state index contributed by atoms with van der Waals surface area (Å²) in [6.07, 6.45) is 3.15. The van der Waals surface area contributed by atoms with Gasteiger partial charge in [-0.2, -0.15) is 5.10 Å². The van der Waals surface area contributed by atoms with Crippen molar-refractivity contribution in [2.45, 2.75) is 0 Å². The van der Waals surface area contributed by atoms with Gasteiger partial charge in [-0.3, -0.25) is 5.43 Å². The third kappa shape index (κ3) is 2.79. The molecule has 0 spiro atoms. The molecule has 0 aliphatic carbocycles. The summed E-state index contributed by atoms with van der Waals surface area (Å²) in [7, 11) is 3.19. The summed E-state index contributed by atoms with van der Waals surface area (Å²) in [5.41, 5.74) is 5.84. The third-order valence-electron chi connectivity index (χ3n) is 3.95. The summed E-state index contributed by atoms with van der Waals surface area (Å²) >= 11 is 0. The second-order valence-electron chi connectivity index (χ2n) is 5.48. The van der Waals surface area contributed by atoms with Crippen LogP contribution in [0, 0.1) is 0 Å². The van der Waals surface area contributed by atoms with Gasteiger partial charge in [0.25, 0.3) is 0 Å². The summed E-state index contributed by atoms with van der Waals surface area (Å²) in [4.78, 5) is 8.53. The van der Waals surface area contributed by atoms with Crippen molar-refractivity contribution in [1.29, 1.82) is 0 Å². The summed E-state index contributed by atoms with van der Waals surface area (Å²) in [6, 6.07) is 13.3. The predicted molar refractivity (Wildman–Crippen MR) is 100 cm³/mol. The molecule has 0 aliphatic heterocycles. The number of hydrogen-bond donors (Lipinski definition) is 1. The van der Waals surface area contributed by atoms with Crippen molar-refractivity contribution in [3.63, 3.8) is 0 Å². The quantitative estimate of drug-likeness (QED) is 0.436. The maximum atomic E-state index is 5.86. The molecule has 0 radical (unpaired) electrons. The van der Waals surface area contributed by atoms with Gasteiger partial charge in [0, 0.05) is 5.39 Å². The van der Waals surface area contributed by atoms with Crippen LogP contribution in [0.1, 0.15) is 5.56 Å². The number of furan rings is 1. The Morgan fingerprint density at radius 2 is 1.88 bits per heavy atom. The van der Waals surface area contributed by atoms with E-state index in [2.05, 4.69) is 20.5 Å². The lowest BCUT2D eigenvalue weighted by molar-refractivity contribution is 0.355. The summed E-state index contributed by atoms with van der Waals surface area (Å²) in [6.45, 7) is 0. The van der Waals surface area contributed by atoms with Gasteiger partial charge >= 0.3 is 0 Å². The molecule has 0 aliphatic rings. The van der Waals surface area contributed by atoms with Crippen LogP contribution in [0.15, 0.2) is 58.3 Å². The molecule has 26 heavy (non-hydrogen) atoms. The molecule has 2 aromatic carbocycles. The molecule has 7 heteroatoms. The standard InChI is InChI=1S/C19H16N4O3/c1-24-15-8-7-12(9-16(15)25-2)10-22-23-19-18-17(20-11-21-19)13-5-3-4-6-14(13)26-18/h3-11H,1-2H3,(H,20,21,23)/b22-10-. The first-order valence-electron chi connectivity index (χ1n) is 7.93. The Hall–Kier alpha value is -3.61. The second kappa shape index (κ2) is 6.72. The first-order valence-corrected chi connectivity index (χ1v) is 7.93. The van der Waals surface area contributed by atoms with E-state index in [9.17, 15) is 0 Å². The van der Waals surface area contributed by atoms with Crippen molar-refractivity contribution in [3.05, 3.63) is 54.4 Å². The normalized spacial score (nSPS) is 11.3. The van der Waals surface area contributed by atoms with Gasteiger partial charge in [0.15, 0.2) is 22.9 Å². The zero-order chi connectivity index (χ0) is 17.9. The van der Waals surface area contributed by atoms with Gasteiger partial charge < -0.3 is 13.9 Å².